The zero-order valence-corrected chi connectivity index (χ0v) is 9.12. The van der Waals surface area contributed by atoms with E-state index in [0.717, 1.165) is 25.3 Å². The summed E-state index contributed by atoms with van der Waals surface area (Å²) in [5.74, 6) is 3.29. The van der Waals surface area contributed by atoms with Gasteiger partial charge in [-0.15, -0.1) is 6.42 Å². The lowest BCUT2D eigenvalue weighted by Crippen LogP contribution is -2.13. The monoisotopic (exact) mass is 203 g/mol. The number of hydrogen-bond acceptors (Lipinski definition) is 2. The first-order chi connectivity index (χ1) is 7.36. The van der Waals surface area contributed by atoms with E-state index in [1.807, 2.05) is 18.2 Å². The van der Waals surface area contributed by atoms with Crippen molar-refractivity contribution in [3.05, 3.63) is 29.8 Å². The summed E-state index contributed by atoms with van der Waals surface area (Å²) in [7, 11) is 0. The topological polar surface area (TPSA) is 21.3 Å². The molecule has 2 heteroatoms. The van der Waals surface area contributed by atoms with Crippen LogP contribution in [0.25, 0.3) is 0 Å². The van der Waals surface area contributed by atoms with E-state index in [0.29, 0.717) is 6.61 Å². The number of terminal acetylenes is 1. The van der Waals surface area contributed by atoms with E-state index < -0.39 is 0 Å². The maximum Gasteiger partial charge on any atom is 0.148 e. The van der Waals surface area contributed by atoms with Crippen LogP contribution in [-0.4, -0.2) is 13.2 Å². The Labute approximate surface area is 91.6 Å². The first kappa shape index (κ1) is 11.6. The van der Waals surface area contributed by atoms with Gasteiger partial charge in [0.25, 0.3) is 0 Å². The molecular formula is C13H17NO. The maximum absolute atomic E-state index is 5.34. The zero-order valence-electron chi connectivity index (χ0n) is 9.12. The summed E-state index contributed by atoms with van der Waals surface area (Å²) in [6, 6.07) is 7.99. The van der Waals surface area contributed by atoms with Gasteiger partial charge in [0.15, 0.2) is 0 Å². The Morgan fingerprint density at radius 1 is 1.47 bits per heavy atom. The van der Waals surface area contributed by atoms with Gasteiger partial charge in [0, 0.05) is 6.54 Å². The van der Waals surface area contributed by atoms with Crippen LogP contribution >= 0.6 is 0 Å². The second kappa shape index (κ2) is 6.92. The summed E-state index contributed by atoms with van der Waals surface area (Å²) in [5.41, 5.74) is 1.22. The van der Waals surface area contributed by atoms with Crippen molar-refractivity contribution >= 4 is 0 Å². The number of ether oxygens (including phenoxy) is 1. The molecule has 0 atom stereocenters. The normalized spacial score (nSPS) is 9.60. The standard InChI is InChI=1S/C13H17NO/c1-3-8-14-11-12-6-5-7-13(10-12)15-9-4-2/h2,5-7,10,14H,3,8-9,11H2,1H3. The van der Waals surface area contributed by atoms with E-state index in [1.54, 1.807) is 0 Å². The minimum Gasteiger partial charge on any atom is -0.481 e. The molecule has 0 amide bonds. The van der Waals surface area contributed by atoms with Gasteiger partial charge in [-0.2, -0.15) is 0 Å². The second-order valence-electron chi connectivity index (χ2n) is 3.32. The molecule has 0 aliphatic heterocycles. The van der Waals surface area contributed by atoms with Crippen molar-refractivity contribution in [1.82, 2.24) is 5.32 Å². The molecule has 0 bridgehead atoms. The van der Waals surface area contributed by atoms with Crippen LogP contribution < -0.4 is 10.1 Å². The molecule has 80 valence electrons. The molecule has 0 fully saturated rings. The lowest BCUT2D eigenvalue weighted by atomic mass is 10.2. The molecule has 0 radical (unpaired) electrons. The molecular weight excluding hydrogens is 186 g/mol. The van der Waals surface area contributed by atoms with Gasteiger partial charge in [-0.05, 0) is 30.7 Å². The van der Waals surface area contributed by atoms with Crippen LogP contribution in [0.15, 0.2) is 24.3 Å². The number of nitrogens with one attached hydrogen (secondary N) is 1. The molecule has 1 rings (SSSR count). The minimum atomic E-state index is 0.325. The zero-order chi connectivity index (χ0) is 10.9. The van der Waals surface area contributed by atoms with E-state index >= 15 is 0 Å². The molecule has 0 saturated heterocycles. The van der Waals surface area contributed by atoms with Gasteiger partial charge in [0.05, 0.1) is 0 Å². The first-order valence-electron chi connectivity index (χ1n) is 5.22. The summed E-state index contributed by atoms with van der Waals surface area (Å²) in [6.07, 6.45) is 6.27. The molecule has 0 aliphatic rings. The molecule has 15 heavy (non-hydrogen) atoms. The Bertz CT molecular complexity index is 328. The van der Waals surface area contributed by atoms with Crippen molar-refractivity contribution < 1.29 is 4.74 Å². The van der Waals surface area contributed by atoms with E-state index in [4.69, 9.17) is 11.2 Å². The predicted molar refractivity (Wildman–Crippen MR) is 62.8 cm³/mol. The highest BCUT2D eigenvalue weighted by Crippen LogP contribution is 2.12. The Hall–Kier alpha value is -1.46. The molecule has 1 aromatic rings. The van der Waals surface area contributed by atoms with Crippen LogP contribution in [0.4, 0.5) is 0 Å². The van der Waals surface area contributed by atoms with Crippen molar-refractivity contribution in [3.63, 3.8) is 0 Å². The Kier molecular flexibility index (Phi) is 5.35. The summed E-state index contributed by atoms with van der Waals surface area (Å²) in [5, 5.41) is 3.34. The third kappa shape index (κ3) is 4.53. The minimum absolute atomic E-state index is 0.325. The van der Waals surface area contributed by atoms with Gasteiger partial charge >= 0.3 is 0 Å². The quantitative estimate of drug-likeness (QED) is 0.565. The molecule has 1 N–H and O–H groups in total. The Morgan fingerprint density at radius 2 is 2.33 bits per heavy atom. The molecule has 0 heterocycles. The predicted octanol–water partition coefficient (Wildman–Crippen LogP) is 2.20. The van der Waals surface area contributed by atoms with Crippen molar-refractivity contribution in [2.75, 3.05) is 13.2 Å². The average Bonchev–Trinajstić information content (AvgIpc) is 2.27. The lowest BCUT2D eigenvalue weighted by molar-refractivity contribution is 0.370. The number of rotatable bonds is 6. The van der Waals surface area contributed by atoms with Crippen LogP contribution in [-0.2, 0) is 6.54 Å². The summed E-state index contributed by atoms with van der Waals surface area (Å²) >= 11 is 0. The molecule has 0 unspecified atom stereocenters. The highest BCUT2D eigenvalue weighted by atomic mass is 16.5. The van der Waals surface area contributed by atoms with Crippen LogP contribution in [0.3, 0.4) is 0 Å². The highest BCUT2D eigenvalue weighted by Gasteiger charge is 1.95. The average molecular weight is 203 g/mol. The third-order valence-corrected chi connectivity index (χ3v) is 1.98. The molecule has 0 aromatic heterocycles. The van der Waals surface area contributed by atoms with Gasteiger partial charge in [0.1, 0.15) is 12.4 Å². The van der Waals surface area contributed by atoms with Gasteiger partial charge in [0.2, 0.25) is 0 Å². The largest absolute Gasteiger partial charge is 0.481 e. The SMILES string of the molecule is C#CCOc1cccc(CNCCC)c1. The van der Waals surface area contributed by atoms with Crippen LogP contribution in [0, 0.1) is 12.3 Å². The Balaban J connectivity index is 2.47. The molecule has 0 aliphatic carbocycles. The van der Waals surface area contributed by atoms with E-state index in [1.165, 1.54) is 5.56 Å². The van der Waals surface area contributed by atoms with Gasteiger partial charge in [-0.3, -0.25) is 0 Å². The first-order valence-corrected chi connectivity index (χ1v) is 5.22. The lowest BCUT2D eigenvalue weighted by Gasteiger charge is -2.06. The van der Waals surface area contributed by atoms with E-state index in [9.17, 15) is 0 Å². The highest BCUT2D eigenvalue weighted by molar-refractivity contribution is 5.28. The Morgan fingerprint density at radius 3 is 3.07 bits per heavy atom. The smallest absolute Gasteiger partial charge is 0.148 e. The van der Waals surface area contributed by atoms with Crippen molar-refractivity contribution in [1.29, 1.82) is 0 Å². The van der Waals surface area contributed by atoms with E-state index in [2.05, 4.69) is 24.2 Å². The van der Waals surface area contributed by atoms with Gasteiger partial charge in [-0.25, -0.2) is 0 Å². The van der Waals surface area contributed by atoms with Crippen LogP contribution in [0.2, 0.25) is 0 Å². The fourth-order valence-corrected chi connectivity index (χ4v) is 1.28. The van der Waals surface area contributed by atoms with Crippen LogP contribution in [0.1, 0.15) is 18.9 Å². The fourth-order valence-electron chi connectivity index (χ4n) is 1.28. The van der Waals surface area contributed by atoms with Crippen LogP contribution in [0.5, 0.6) is 5.75 Å². The number of hydrogen-bond donors (Lipinski definition) is 1. The summed E-state index contributed by atoms with van der Waals surface area (Å²) in [4.78, 5) is 0. The molecule has 0 spiro atoms. The second-order valence-corrected chi connectivity index (χ2v) is 3.32. The summed E-state index contributed by atoms with van der Waals surface area (Å²) in [6.45, 7) is 4.39. The van der Waals surface area contributed by atoms with Crippen molar-refractivity contribution in [2.24, 2.45) is 0 Å². The van der Waals surface area contributed by atoms with Crippen molar-refractivity contribution in [2.45, 2.75) is 19.9 Å². The van der Waals surface area contributed by atoms with Crippen molar-refractivity contribution in [3.8, 4) is 18.1 Å². The van der Waals surface area contributed by atoms with Gasteiger partial charge < -0.3 is 10.1 Å². The number of benzene rings is 1. The fraction of sp³-hybridized carbons (Fsp3) is 0.385. The van der Waals surface area contributed by atoms with Gasteiger partial charge in [-0.1, -0.05) is 25.0 Å². The molecule has 0 saturated carbocycles. The third-order valence-electron chi connectivity index (χ3n) is 1.98. The molecule has 1 aromatic carbocycles. The summed E-state index contributed by atoms with van der Waals surface area (Å²) < 4.78 is 5.34. The molecule has 2 nitrogen and oxygen atoms in total. The maximum atomic E-state index is 5.34. The van der Waals surface area contributed by atoms with E-state index in [-0.39, 0.29) is 0 Å².